The SMILES string of the molecule is CCC1C(=O)NCCN1C(=O)C1CCC(=O)N1. The standard InChI is InChI=1S/C11H17N3O3/c1-2-8-10(16)12-5-6-14(8)11(17)7-3-4-9(15)13-7/h7-8H,2-6H2,1H3,(H,12,16)(H,13,15). The van der Waals surface area contributed by atoms with E-state index in [4.69, 9.17) is 0 Å². The number of rotatable bonds is 2. The number of nitrogens with one attached hydrogen (secondary N) is 2. The van der Waals surface area contributed by atoms with Crippen LogP contribution in [-0.4, -0.2) is 47.8 Å². The molecule has 2 saturated heterocycles. The molecule has 3 amide bonds. The van der Waals surface area contributed by atoms with Crippen molar-refractivity contribution in [3.8, 4) is 0 Å². The maximum Gasteiger partial charge on any atom is 0.245 e. The average Bonchev–Trinajstić information content (AvgIpc) is 2.74. The van der Waals surface area contributed by atoms with Crippen molar-refractivity contribution < 1.29 is 14.4 Å². The third-order valence-corrected chi connectivity index (χ3v) is 3.29. The molecule has 0 saturated carbocycles. The van der Waals surface area contributed by atoms with E-state index in [1.54, 1.807) is 4.90 Å². The maximum absolute atomic E-state index is 12.2. The molecule has 6 heteroatoms. The summed E-state index contributed by atoms with van der Waals surface area (Å²) in [5.41, 5.74) is 0. The van der Waals surface area contributed by atoms with Crippen LogP contribution < -0.4 is 10.6 Å². The summed E-state index contributed by atoms with van der Waals surface area (Å²) in [6, 6.07) is -0.837. The summed E-state index contributed by atoms with van der Waals surface area (Å²) >= 11 is 0. The molecule has 2 aliphatic heterocycles. The lowest BCUT2D eigenvalue weighted by atomic mass is 10.1. The van der Waals surface area contributed by atoms with Crippen LogP contribution in [0.2, 0.25) is 0 Å². The van der Waals surface area contributed by atoms with E-state index in [0.717, 1.165) is 0 Å². The van der Waals surface area contributed by atoms with Gasteiger partial charge in [-0.05, 0) is 12.8 Å². The summed E-state index contributed by atoms with van der Waals surface area (Å²) in [5, 5.41) is 5.40. The molecule has 0 aromatic carbocycles. The molecule has 0 radical (unpaired) electrons. The van der Waals surface area contributed by atoms with Crippen LogP contribution in [0.5, 0.6) is 0 Å². The highest BCUT2D eigenvalue weighted by Gasteiger charge is 2.37. The van der Waals surface area contributed by atoms with E-state index in [-0.39, 0.29) is 17.7 Å². The molecule has 2 unspecified atom stereocenters. The van der Waals surface area contributed by atoms with E-state index >= 15 is 0 Å². The van der Waals surface area contributed by atoms with Gasteiger partial charge in [0.15, 0.2) is 0 Å². The predicted molar refractivity (Wildman–Crippen MR) is 60.0 cm³/mol. The lowest BCUT2D eigenvalue weighted by molar-refractivity contribution is -0.144. The molecule has 0 aliphatic carbocycles. The third-order valence-electron chi connectivity index (χ3n) is 3.29. The van der Waals surface area contributed by atoms with Gasteiger partial charge in [0.2, 0.25) is 17.7 Å². The number of hydrogen-bond acceptors (Lipinski definition) is 3. The average molecular weight is 239 g/mol. The van der Waals surface area contributed by atoms with E-state index < -0.39 is 12.1 Å². The Kier molecular flexibility index (Phi) is 3.31. The Bertz CT molecular complexity index is 356. The molecule has 2 aliphatic rings. The van der Waals surface area contributed by atoms with Gasteiger partial charge in [-0.2, -0.15) is 0 Å². The van der Waals surface area contributed by atoms with Gasteiger partial charge in [-0.3, -0.25) is 14.4 Å². The molecule has 2 atom stereocenters. The smallest absolute Gasteiger partial charge is 0.245 e. The summed E-state index contributed by atoms with van der Waals surface area (Å²) in [7, 11) is 0. The van der Waals surface area contributed by atoms with Crippen molar-refractivity contribution in [3.05, 3.63) is 0 Å². The van der Waals surface area contributed by atoms with Crippen molar-refractivity contribution in [1.82, 2.24) is 15.5 Å². The minimum atomic E-state index is -0.442. The number of piperazine rings is 1. The van der Waals surface area contributed by atoms with Crippen LogP contribution in [0.1, 0.15) is 26.2 Å². The highest BCUT2D eigenvalue weighted by molar-refractivity contribution is 5.94. The fourth-order valence-electron chi connectivity index (χ4n) is 2.38. The van der Waals surface area contributed by atoms with Crippen molar-refractivity contribution in [2.45, 2.75) is 38.3 Å². The highest BCUT2D eigenvalue weighted by atomic mass is 16.2. The first-order valence-electron chi connectivity index (χ1n) is 6.01. The van der Waals surface area contributed by atoms with E-state index in [0.29, 0.717) is 32.4 Å². The normalized spacial score (nSPS) is 28.9. The fraction of sp³-hybridized carbons (Fsp3) is 0.727. The minimum Gasteiger partial charge on any atom is -0.353 e. The molecule has 2 fully saturated rings. The van der Waals surface area contributed by atoms with Crippen LogP contribution in [0.3, 0.4) is 0 Å². The topological polar surface area (TPSA) is 78.5 Å². The van der Waals surface area contributed by atoms with Gasteiger partial charge in [0, 0.05) is 19.5 Å². The quantitative estimate of drug-likeness (QED) is 0.649. The Hall–Kier alpha value is -1.59. The molecule has 2 N–H and O–H groups in total. The first kappa shape index (κ1) is 11.9. The third kappa shape index (κ3) is 2.25. The molecule has 94 valence electrons. The Balaban J connectivity index is 2.06. The monoisotopic (exact) mass is 239 g/mol. The Morgan fingerprint density at radius 1 is 1.47 bits per heavy atom. The molecule has 0 spiro atoms. The van der Waals surface area contributed by atoms with Gasteiger partial charge in [-0.1, -0.05) is 6.92 Å². The number of carbonyl (C=O) groups is 3. The molecule has 6 nitrogen and oxygen atoms in total. The molecule has 0 aromatic heterocycles. The van der Waals surface area contributed by atoms with E-state index in [1.807, 2.05) is 6.92 Å². The van der Waals surface area contributed by atoms with Gasteiger partial charge in [0.25, 0.3) is 0 Å². The van der Waals surface area contributed by atoms with E-state index in [1.165, 1.54) is 0 Å². The molecule has 17 heavy (non-hydrogen) atoms. The summed E-state index contributed by atoms with van der Waals surface area (Å²) < 4.78 is 0. The summed E-state index contributed by atoms with van der Waals surface area (Å²) in [5.74, 6) is -0.313. The van der Waals surface area contributed by atoms with Gasteiger partial charge < -0.3 is 15.5 Å². The molecule has 2 rings (SSSR count). The zero-order valence-electron chi connectivity index (χ0n) is 9.86. The van der Waals surface area contributed by atoms with Crippen molar-refractivity contribution in [1.29, 1.82) is 0 Å². The molecular formula is C11H17N3O3. The van der Waals surface area contributed by atoms with E-state index in [9.17, 15) is 14.4 Å². The van der Waals surface area contributed by atoms with Crippen molar-refractivity contribution in [3.63, 3.8) is 0 Å². The van der Waals surface area contributed by atoms with Crippen LogP contribution in [0.25, 0.3) is 0 Å². The van der Waals surface area contributed by atoms with Gasteiger partial charge in [0.05, 0.1) is 0 Å². The van der Waals surface area contributed by atoms with Gasteiger partial charge in [0.1, 0.15) is 12.1 Å². The lowest BCUT2D eigenvalue weighted by Crippen LogP contribution is -2.60. The predicted octanol–water partition coefficient (Wildman–Crippen LogP) is -0.998. The van der Waals surface area contributed by atoms with Crippen molar-refractivity contribution >= 4 is 17.7 Å². The summed E-state index contributed by atoms with van der Waals surface area (Å²) in [6.07, 6.45) is 1.53. The second-order valence-corrected chi connectivity index (χ2v) is 4.41. The zero-order chi connectivity index (χ0) is 12.4. The number of hydrogen-bond donors (Lipinski definition) is 2. The molecule has 0 bridgehead atoms. The van der Waals surface area contributed by atoms with Gasteiger partial charge in [-0.15, -0.1) is 0 Å². The first-order chi connectivity index (χ1) is 8.13. The van der Waals surface area contributed by atoms with E-state index in [2.05, 4.69) is 10.6 Å². The number of amides is 3. The minimum absolute atomic E-state index is 0.0853. The Morgan fingerprint density at radius 3 is 2.82 bits per heavy atom. The molecule has 0 aromatic rings. The highest BCUT2D eigenvalue weighted by Crippen LogP contribution is 2.15. The van der Waals surface area contributed by atoms with Crippen LogP contribution in [0.15, 0.2) is 0 Å². The van der Waals surface area contributed by atoms with Crippen molar-refractivity contribution in [2.24, 2.45) is 0 Å². The van der Waals surface area contributed by atoms with Crippen LogP contribution in [-0.2, 0) is 14.4 Å². The maximum atomic E-state index is 12.2. The largest absolute Gasteiger partial charge is 0.353 e. The Morgan fingerprint density at radius 2 is 2.24 bits per heavy atom. The van der Waals surface area contributed by atoms with Crippen LogP contribution in [0.4, 0.5) is 0 Å². The lowest BCUT2D eigenvalue weighted by Gasteiger charge is -2.35. The van der Waals surface area contributed by atoms with Crippen molar-refractivity contribution in [2.75, 3.05) is 13.1 Å². The van der Waals surface area contributed by atoms with Gasteiger partial charge in [-0.25, -0.2) is 0 Å². The second-order valence-electron chi connectivity index (χ2n) is 4.41. The fourth-order valence-corrected chi connectivity index (χ4v) is 2.38. The molecule has 2 heterocycles. The zero-order valence-corrected chi connectivity index (χ0v) is 9.86. The summed E-state index contributed by atoms with van der Waals surface area (Å²) in [6.45, 7) is 2.89. The van der Waals surface area contributed by atoms with Gasteiger partial charge >= 0.3 is 0 Å². The number of nitrogens with zero attached hydrogens (tertiary/aromatic N) is 1. The second kappa shape index (κ2) is 4.73. The Labute approximate surface area is 99.7 Å². The van der Waals surface area contributed by atoms with Crippen LogP contribution >= 0.6 is 0 Å². The van der Waals surface area contributed by atoms with Crippen LogP contribution in [0, 0.1) is 0 Å². The first-order valence-corrected chi connectivity index (χ1v) is 6.01. The molecular weight excluding hydrogens is 222 g/mol. The summed E-state index contributed by atoms with van der Waals surface area (Å²) in [4.78, 5) is 36.5. The number of carbonyl (C=O) groups excluding carboxylic acids is 3.